The van der Waals surface area contributed by atoms with Crippen molar-refractivity contribution < 1.29 is 14.7 Å². The molecule has 2 N–H and O–H groups in total. The molecule has 0 aromatic carbocycles. The Hall–Kier alpha value is -2.70. The van der Waals surface area contributed by atoms with E-state index in [1.165, 1.54) is 13.1 Å². The first-order valence-corrected chi connectivity index (χ1v) is 6.42. The molecule has 0 radical (unpaired) electrons. The van der Waals surface area contributed by atoms with E-state index >= 15 is 0 Å². The fraction of sp³-hybridized carbons (Fsp3) is 0.286. The smallest absolute Gasteiger partial charge is 0.325 e. The van der Waals surface area contributed by atoms with Gasteiger partial charge in [-0.15, -0.1) is 0 Å². The molecule has 21 heavy (non-hydrogen) atoms. The largest absolute Gasteiger partial charge is 0.480 e. The molecule has 0 bridgehead atoms. The number of pyridine rings is 1. The molecule has 0 spiro atoms. The van der Waals surface area contributed by atoms with Gasteiger partial charge >= 0.3 is 5.97 Å². The van der Waals surface area contributed by atoms with E-state index in [-0.39, 0.29) is 0 Å². The van der Waals surface area contributed by atoms with Crippen molar-refractivity contribution in [2.45, 2.75) is 26.8 Å². The van der Waals surface area contributed by atoms with Gasteiger partial charge in [0.1, 0.15) is 6.04 Å². The van der Waals surface area contributed by atoms with Crippen LogP contribution in [0.5, 0.6) is 0 Å². The SMILES string of the molecule is Cc1cc(C)n(-c2ccc(C(=O)N[C@H](C)C(=O)O)cn2)n1. The molecule has 2 rings (SSSR count). The van der Waals surface area contributed by atoms with E-state index in [4.69, 9.17) is 5.11 Å². The lowest BCUT2D eigenvalue weighted by atomic mass is 10.2. The number of nitrogens with one attached hydrogen (secondary N) is 1. The van der Waals surface area contributed by atoms with Crippen LogP contribution in [0.15, 0.2) is 24.4 Å². The van der Waals surface area contributed by atoms with Crippen LogP contribution in [0.2, 0.25) is 0 Å². The molecule has 0 aliphatic carbocycles. The highest BCUT2D eigenvalue weighted by Gasteiger charge is 2.15. The number of rotatable bonds is 4. The highest BCUT2D eigenvalue weighted by molar-refractivity contribution is 5.96. The standard InChI is InChI=1S/C14H16N4O3/c1-8-6-9(2)18(17-8)12-5-4-11(7-15-12)13(19)16-10(3)14(20)21/h4-7,10H,1-3H3,(H,16,19)(H,20,21)/t10-/m1/s1. The molecular weight excluding hydrogens is 272 g/mol. The zero-order valence-electron chi connectivity index (χ0n) is 12.0. The van der Waals surface area contributed by atoms with Crippen LogP contribution in [-0.4, -0.2) is 37.8 Å². The van der Waals surface area contributed by atoms with Gasteiger partial charge in [-0.3, -0.25) is 9.59 Å². The number of amides is 1. The minimum atomic E-state index is -1.09. The maximum Gasteiger partial charge on any atom is 0.325 e. The number of aryl methyl sites for hydroxylation is 2. The molecule has 0 aliphatic rings. The molecule has 7 heteroatoms. The lowest BCUT2D eigenvalue weighted by Crippen LogP contribution is -2.38. The Morgan fingerprint density at radius 2 is 2.05 bits per heavy atom. The molecule has 0 unspecified atom stereocenters. The second-order valence-electron chi connectivity index (χ2n) is 4.78. The first-order chi connectivity index (χ1) is 9.88. The van der Waals surface area contributed by atoms with Crippen molar-refractivity contribution in [2.75, 3.05) is 0 Å². The van der Waals surface area contributed by atoms with Crippen molar-refractivity contribution in [1.82, 2.24) is 20.1 Å². The number of carboxylic acid groups (broad SMARTS) is 1. The number of hydrogen-bond donors (Lipinski definition) is 2. The fourth-order valence-electron chi connectivity index (χ4n) is 1.85. The molecule has 0 aliphatic heterocycles. The number of aliphatic carboxylic acids is 1. The number of carboxylic acids is 1. The number of carbonyl (C=O) groups is 2. The van der Waals surface area contributed by atoms with E-state index in [2.05, 4.69) is 15.4 Å². The number of carbonyl (C=O) groups excluding carboxylic acids is 1. The van der Waals surface area contributed by atoms with Gasteiger partial charge in [-0.1, -0.05) is 0 Å². The Morgan fingerprint density at radius 1 is 1.33 bits per heavy atom. The van der Waals surface area contributed by atoms with E-state index in [0.29, 0.717) is 11.4 Å². The summed E-state index contributed by atoms with van der Waals surface area (Å²) in [5.74, 6) is -0.962. The average molecular weight is 288 g/mol. The third-order valence-corrected chi connectivity index (χ3v) is 2.95. The van der Waals surface area contributed by atoms with Crippen molar-refractivity contribution in [1.29, 1.82) is 0 Å². The molecule has 2 heterocycles. The van der Waals surface area contributed by atoms with E-state index < -0.39 is 17.9 Å². The number of aromatic nitrogens is 3. The van der Waals surface area contributed by atoms with Gasteiger partial charge < -0.3 is 10.4 Å². The number of nitrogens with zero attached hydrogens (tertiary/aromatic N) is 3. The Bertz CT molecular complexity index is 676. The van der Waals surface area contributed by atoms with Crippen LogP contribution in [-0.2, 0) is 4.79 Å². The fourth-order valence-corrected chi connectivity index (χ4v) is 1.85. The summed E-state index contributed by atoms with van der Waals surface area (Å²) in [6.07, 6.45) is 1.40. The highest BCUT2D eigenvalue weighted by Crippen LogP contribution is 2.10. The highest BCUT2D eigenvalue weighted by atomic mass is 16.4. The summed E-state index contributed by atoms with van der Waals surface area (Å²) in [6.45, 7) is 5.20. The van der Waals surface area contributed by atoms with Crippen molar-refractivity contribution in [2.24, 2.45) is 0 Å². The predicted molar refractivity (Wildman–Crippen MR) is 75.4 cm³/mol. The molecule has 1 atom stereocenters. The molecule has 2 aromatic rings. The molecule has 0 saturated carbocycles. The average Bonchev–Trinajstić information content (AvgIpc) is 2.77. The summed E-state index contributed by atoms with van der Waals surface area (Å²) < 4.78 is 1.68. The number of hydrogen-bond acceptors (Lipinski definition) is 4. The van der Waals surface area contributed by atoms with Crippen LogP contribution in [0.25, 0.3) is 5.82 Å². The van der Waals surface area contributed by atoms with Gasteiger partial charge in [-0.2, -0.15) is 5.10 Å². The zero-order chi connectivity index (χ0) is 15.6. The minimum Gasteiger partial charge on any atom is -0.480 e. The summed E-state index contributed by atoms with van der Waals surface area (Å²) in [5.41, 5.74) is 2.12. The Balaban J connectivity index is 2.17. The Morgan fingerprint density at radius 3 is 2.52 bits per heavy atom. The maximum atomic E-state index is 11.8. The molecule has 0 fully saturated rings. The van der Waals surface area contributed by atoms with Gasteiger partial charge in [-0.05, 0) is 39.0 Å². The van der Waals surface area contributed by atoms with Gasteiger partial charge in [0, 0.05) is 11.9 Å². The van der Waals surface area contributed by atoms with E-state index in [1.807, 2.05) is 19.9 Å². The van der Waals surface area contributed by atoms with Crippen LogP contribution >= 0.6 is 0 Å². The normalized spacial score (nSPS) is 12.0. The van der Waals surface area contributed by atoms with E-state index in [9.17, 15) is 9.59 Å². The molecule has 2 aromatic heterocycles. The molecular formula is C14H16N4O3. The van der Waals surface area contributed by atoms with Gasteiger partial charge in [0.25, 0.3) is 5.91 Å². The summed E-state index contributed by atoms with van der Waals surface area (Å²) in [5, 5.41) is 15.4. The predicted octanol–water partition coefficient (Wildman–Crippen LogP) is 1.09. The van der Waals surface area contributed by atoms with Crippen molar-refractivity contribution in [3.8, 4) is 5.82 Å². The Kier molecular flexibility index (Phi) is 4.02. The van der Waals surface area contributed by atoms with Crippen LogP contribution in [0.4, 0.5) is 0 Å². The summed E-state index contributed by atoms with van der Waals surface area (Å²) in [7, 11) is 0. The second kappa shape index (κ2) is 5.74. The molecule has 110 valence electrons. The van der Waals surface area contributed by atoms with Crippen LogP contribution < -0.4 is 5.32 Å². The molecule has 7 nitrogen and oxygen atoms in total. The second-order valence-corrected chi connectivity index (χ2v) is 4.78. The third-order valence-electron chi connectivity index (χ3n) is 2.95. The van der Waals surface area contributed by atoms with E-state index in [0.717, 1.165) is 11.4 Å². The first kappa shape index (κ1) is 14.7. The summed E-state index contributed by atoms with van der Waals surface area (Å²) in [6, 6.07) is 4.23. The first-order valence-electron chi connectivity index (χ1n) is 6.42. The molecule has 0 saturated heterocycles. The summed E-state index contributed by atoms with van der Waals surface area (Å²) in [4.78, 5) is 26.7. The van der Waals surface area contributed by atoms with Gasteiger partial charge in [0.2, 0.25) is 0 Å². The van der Waals surface area contributed by atoms with Crippen molar-refractivity contribution in [3.05, 3.63) is 41.3 Å². The Labute approximate surface area is 121 Å². The van der Waals surface area contributed by atoms with Gasteiger partial charge in [-0.25, -0.2) is 9.67 Å². The van der Waals surface area contributed by atoms with Gasteiger partial charge in [0.05, 0.1) is 11.3 Å². The third kappa shape index (κ3) is 3.25. The van der Waals surface area contributed by atoms with Crippen molar-refractivity contribution >= 4 is 11.9 Å². The van der Waals surface area contributed by atoms with Crippen molar-refractivity contribution in [3.63, 3.8) is 0 Å². The maximum absolute atomic E-state index is 11.8. The van der Waals surface area contributed by atoms with Crippen LogP contribution in [0.1, 0.15) is 28.7 Å². The lowest BCUT2D eigenvalue weighted by Gasteiger charge is -2.09. The monoisotopic (exact) mass is 288 g/mol. The van der Waals surface area contributed by atoms with Gasteiger partial charge in [0.15, 0.2) is 5.82 Å². The zero-order valence-corrected chi connectivity index (χ0v) is 12.0. The van der Waals surface area contributed by atoms with Crippen LogP contribution in [0.3, 0.4) is 0 Å². The van der Waals surface area contributed by atoms with E-state index in [1.54, 1.807) is 16.8 Å². The van der Waals surface area contributed by atoms with Crippen LogP contribution in [0, 0.1) is 13.8 Å². The molecule has 1 amide bonds. The summed E-state index contributed by atoms with van der Waals surface area (Å²) >= 11 is 0. The quantitative estimate of drug-likeness (QED) is 0.877. The minimum absolute atomic E-state index is 0.299. The lowest BCUT2D eigenvalue weighted by molar-refractivity contribution is -0.138. The topological polar surface area (TPSA) is 97.1 Å².